The van der Waals surface area contributed by atoms with E-state index in [2.05, 4.69) is 0 Å². The number of hydrogen-bond acceptors (Lipinski definition) is 5. The summed E-state index contributed by atoms with van der Waals surface area (Å²) in [5, 5.41) is 8.91. The topological polar surface area (TPSA) is 85.3 Å². The van der Waals surface area contributed by atoms with Gasteiger partial charge < -0.3 is 24.2 Å². The number of nitrogens with zero attached hydrogens (tertiary/aromatic N) is 1. The van der Waals surface area contributed by atoms with Gasteiger partial charge in [0.25, 0.3) is 5.91 Å². The smallest absolute Gasteiger partial charge is 0.306 e. The Morgan fingerprint density at radius 2 is 2.16 bits per heavy atom. The van der Waals surface area contributed by atoms with Gasteiger partial charge in [0.2, 0.25) is 0 Å². The predicted octanol–water partition coefficient (Wildman–Crippen LogP) is 2.05. The molecule has 7 nitrogen and oxygen atoms in total. The Morgan fingerprint density at radius 3 is 2.80 bits per heavy atom. The zero-order valence-corrected chi connectivity index (χ0v) is 14.9. The minimum atomic E-state index is -0.940. The molecule has 1 atom stereocenters. The quantitative estimate of drug-likeness (QED) is 0.809. The van der Waals surface area contributed by atoms with Crippen LogP contribution in [-0.2, 0) is 9.53 Å². The van der Waals surface area contributed by atoms with Crippen molar-refractivity contribution in [1.82, 2.24) is 4.90 Å². The van der Waals surface area contributed by atoms with Gasteiger partial charge in [0.1, 0.15) is 11.5 Å². The maximum atomic E-state index is 12.9. The molecule has 1 saturated heterocycles. The van der Waals surface area contributed by atoms with E-state index in [0.29, 0.717) is 42.7 Å². The Kier molecular flexibility index (Phi) is 6.64. The van der Waals surface area contributed by atoms with Crippen LogP contribution in [0, 0.1) is 5.92 Å². The summed E-state index contributed by atoms with van der Waals surface area (Å²) in [7, 11) is 1.56. The van der Waals surface area contributed by atoms with Gasteiger partial charge in [0.05, 0.1) is 38.4 Å². The van der Waals surface area contributed by atoms with E-state index in [4.69, 9.17) is 19.3 Å². The Hall–Kier alpha value is -2.28. The minimum Gasteiger partial charge on any atom is -0.497 e. The zero-order chi connectivity index (χ0) is 18.4. The van der Waals surface area contributed by atoms with Crippen LogP contribution in [0.4, 0.5) is 0 Å². The van der Waals surface area contributed by atoms with Crippen LogP contribution in [0.3, 0.4) is 0 Å². The number of carbonyl (C=O) groups excluding carboxylic acids is 1. The van der Waals surface area contributed by atoms with E-state index in [1.54, 1.807) is 30.2 Å². The highest BCUT2D eigenvalue weighted by Crippen LogP contribution is 2.27. The van der Waals surface area contributed by atoms with Crippen LogP contribution in [-0.4, -0.2) is 61.4 Å². The molecule has 7 heteroatoms. The molecule has 1 aliphatic rings. The molecule has 1 aromatic carbocycles. The zero-order valence-electron chi connectivity index (χ0n) is 14.9. The lowest BCUT2D eigenvalue weighted by Gasteiger charge is -2.32. The van der Waals surface area contributed by atoms with Gasteiger partial charge in [-0.05, 0) is 18.1 Å². The molecule has 0 aromatic heterocycles. The van der Waals surface area contributed by atoms with Crippen molar-refractivity contribution in [3.8, 4) is 11.5 Å². The van der Waals surface area contributed by atoms with E-state index in [0.717, 1.165) is 0 Å². The second kappa shape index (κ2) is 8.71. The SMILES string of the molecule is COc1ccc(C(=O)N2CCOC(CC(=O)O)C2)c(OCC(C)C)c1. The number of benzene rings is 1. The van der Waals surface area contributed by atoms with Gasteiger partial charge in [-0.1, -0.05) is 13.8 Å². The summed E-state index contributed by atoms with van der Waals surface area (Å²) in [4.78, 5) is 25.4. The Morgan fingerprint density at radius 1 is 1.40 bits per heavy atom. The number of hydrogen-bond donors (Lipinski definition) is 1. The summed E-state index contributed by atoms with van der Waals surface area (Å²) >= 11 is 0. The van der Waals surface area contributed by atoms with Crippen LogP contribution in [0.25, 0.3) is 0 Å². The monoisotopic (exact) mass is 351 g/mol. The average Bonchev–Trinajstić information content (AvgIpc) is 2.58. The van der Waals surface area contributed by atoms with Crippen LogP contribution in [0.15, 0.2) is 18.2 Å². The van der Waals surface area contributed by atoms with Crippen molar-refractivity contribution < 1.29 is 28.9 Å². The number of ether oxygens (including phenoxy) is 3. The lowest BCUT2D eigenvalue weighted by molar-refractivity contribution is -0.141. The number of morpholine rings is 1. The fourth-order valence-electron chi connectivity index (χ4n) is 2.57. The molecule has 0 saturated carbocycles. The Bertz CT molecular complexity index is 616. The fraction of sp³-hybridized carbons (Fsp3) is 0.556. The highest BCUT2D eigenvalue weighted by Gasteiger charge is 2.28. The van der Waals surface area contributed by atoms with Crippen molar-refractivity contribution in [2.45, 2.75) is 26.4 Å². The summed E-state index contributed by atoms with van der Waals surface area (Å²) in [5.74, 6) is 0.266. The van der Waals surface area contributed by atoms with E-state index in [9.17, 15) is 9.59 Å². The molecule has 1 unspecified atom stereocenters. The summed E-state index contributed by atoms with van der Waals surface area (Å²) in [6.45, 7) is 5.53. The molecule has 0 spiro atoms. The van der Waals surface area contributed by atoms with Crippen LogP contribution in [0.2, 0.25) is 0 Å². The number of methoxy groups -OCH3 is 1. The summed E-state index contributed by atoms with van der Waals surface area (Å²) < 4.78 is 16.4. The molecule has 138 valence electrons. The van der Waals surface area contributed by atoms with E-state index >= 15 is 0 Å². The van der Waals surface area contributed by atoms with Gasteiger partial charge in [0.15, 0.2) is 0 Å². The van der Waals surface area contributed by atoms with Crippen LogP contribution in [0.1, 0.15) is 30.6 Å². The first-order valence-electron chi connectivity index (χ1n) is 8.34. The van der Waals surface area contributed by atoms with E-state index in [-0.39, 0.29) is 18.9 Å². The first kappa shape index (κ1) is 19.1. The maximum Gasteiger partial charge on any atom is 0.306 e. The highest BCUT2D eigenvalue weighted by atomic mass is 16.5. The molecule has 1 heterocycles. The molecule has 2 rings (SSSR count). The van der Waals surface area contributed by atoms with Crippen molar-refractivity contribution in [2.75, 3.05) is 33.4 Å². The molecular formula is C18H25NO6. The molecule has 0 bridgehead atoms. The lowest BCUT2D eigenvalue weighted by atomic mass is 10.1. The third-order valence-electron chi connectivity index (χ3n) is 3.82. The van der Waals surface area contributed by atoms with Gasteiger partial charge >= 0.3 is 5.97 Å². The van der Waals surface area contributed by atoms with Gasteiger partial charge in [-0.3, -0.25) is 9.59 Å². The number of carboxylic acid groups (broad SMARTS) is 1. The first-order valence-corrected chi connectivity index (χ1v) is 8.34. The van der Waals surface area contributed by atoms with Gasteiger partial charge in [-0.15, -0.1) is 0 Å². The number of aliphatic carboxylic acids is 1. The molecule has 0 aliphatic carbocycles. The van der Waals surface area contributed by atoms with Crippen molar-refractivity contribution in [1.29, 1.82) is 0 Å². The summed E-state index contributed by atoms with van der Waals surface area (Å²) in [6, 6.07) is 5.09. The summed E-state index contributed by atoms with van der Waals surface area (Å²) in [5.41, 5.74) is 0.442. The van der Waals surface area contributed by atoms with Crippen LogP contribution in [0.5, 0.6) is 11.5 Å². The maximum absolute atomic E-state index is 12.9. The molecular weight excluding hydrogens is 326 g/mol. The number of carboxylic acids is 1. The molecule has 25 heavy (non-hydrogen) atoms. The molecule has 1 fully saturated rings. The molecule has 1 aliphatic heterocycles. The normalized spacial score (nSPS) is 17.4. The largest absolute Gasteiger partial charge is 0.497 e. The summed E-state index contributed by atoms with van der Waals surface area (Å²) in [6.07, 6.45) is -0.614. The highest BCUT2D eigenvalue weighted by molar-refractivity contribution is 5.97. The third kappa shape index (κ3) is 5.35. The second-order valence-corrected chi connectivity index (χ2v) is 6.41. The molecule has 1 N–H and O–H groups in total. The lowest BCUT2D eigenvalue weighted by Crippen LogP contribution is -2.46. The van der Waals surface area contributed by atoms with Gasteiger partial charge in [0, 0.05) is 19.2 Å². The van der Waals surface area contributed by atoms with Crippen molar-refractivity contribution in [3.63, 3.8) is 0 Å². The second-order valence-electron chi connectivity index (χ2n) is 6.41. The average molecular weight is 351 g/mol. The first-order chi connectivity index (χ1) is 11.9. The van der Waals surface area contributed by atoms with Crippen LogP contribution >= 0.6 is 0 Å². The standard InChI is InChI=1S/C18H25NO6/c1-12(2)11-25-16-8-13(23-3)4-5-15(16)18(22)19-6-7-24-14(10-19)9-17(20)21/h4-5,8,12,14H,6-7,9-11H2,1-3H3,(H,20,21). The van der Waals surface area contributed by atoms with E-state index in [1.165, 1.54) is 0 Å². The molecule has 1 amide bonds. The minimum absolute atomic E-state index is 0.122. The van der Waals surface area contributed by atoms with Crippen molar-refractivity contribution in [2.24, 2.45) is 5.92 Å². The number of amides is 1. The Labute approximate surface area is 147 Å². The van der Waals surface area contributed by atoms with Crippen molar-refractivity contribution in [3.05, 3.63) is 23.8 Å². The fourth-order valence-corrected chi connectivity index (χ4v) is 2.57. The molecule has 0 radical (unpaired) electrons. The van der Waals surface area contributed by atoms with Crippen LogP contribution < -0.4 is 9.47 Å². The van der Waals surface area contributed by atoms with Gasteiger partial charge in [-0.2, -0.15) is 0 Å². The van der Waals surface area contributed by atoms with E-state index < -0.39 is 12.1 Å². The third-order valence-corrected chi connectivity index (χ3v) is 3.82. The van der Waals surface area contributed by atoms with Gasteiger partial charge in [-0.25, -0.2) is 0 Å². The number of rotatable bonds is 7. The predicted molar refractivity (Wildman–Crippen MR) is 91.2 cm³/mol. The van der Waals surface area contributed by atoms with E-state index in [1.807, 2.05) is 13.8 Å². The van der Waals surface area contributed by atoms with Crippen molar-refractivity contribution >= 4 is 11.9 Å². The Balaban J connectivity index is 2.17. The number of carbonyl (C=O) groups is 2. The molecule has 1 aromatic rings.